The van der Waals surface area contributed by atoms with E-state index in [1.54, 1.807) is 7.11 Å². The van der Waals surface area contributed by atoms with Crippen molar-refractivity contribution < 1.29 is 4.74 Å². The minimum absolute atomic E-state index is 0.700. The molecule has 0 radical (unpaired) electrons. The van der Waals surface area contributed by atoms with Gasteiger partial charge in [0, 0.05) is 31.9 Å². The molecule has 0 saturated carbocycles. The summed E-state index contributed by atoms with van der Waals surface area (Å²) in [5, 5.41) is 0. The van der Waals surface area contributed by atoms with E-state index in [0.717, 1.165) is 26.2 Å². The SMILES string of the molecule is C=C=C=C=C=C(OC)N1CCN(C)CC1. The molecule has 1 aliphatic rings. The molecule has 1 rings (SSSR count). The number of methoxy groups -OCH3 is 1. The summed E-state index contributed by atoms with van der Waals surface area (Å²) >= 11 is 0. The second-order valence-corrected chi connectivity index (χ2v) is 3.35. The molecular formula is C12H16N2O. The molecule has 15 heavy (non-hydrogen) atoms. The molecule has 0 bridgehead atoms. The predicted molar refractivity (Wildman–Crippen MR) is 59.3 cm³/mol. The Kier molecular flexibility index (Phi) is 4.60. The van der Waals surface area contributed by atoms with Crippen LogP contribution in [0.2, 0.25) is 0 Å². The molecule has 0 unspecified atom stereocenters. The Morgan fingerprint density at radius 1 is 1.20 bits per heavy atom. The summed E-state index contributed by atoms with van der Waals surface area (Å²) in [4.78, 5) is 4.42. The normalized spacial score (nSPS) is 15.7. The third-order valence-electron chi connectivity index (χ3n) is 2.30. The summed E-state index contributed by atoms with van der Waals surface area (Å²) in [7, 11) is 3.75. The molecular weight excluding hydrogens is 188 g/mol. The summed E-state index contributed by atoms with van der Waals surface area (Å²) in [5.74, 6) is 0.700. The summed E-state index contributed by atoms with van der Waals surface area (Å²) in [6, 6.07) is 0. The summed E-state index contributed by atoms with van der Waals surface area (Å²) in [5.41, 5.74) is 10.7. The van der Waals surface area contributed by atoms with E-state index in [1.165, 1.54) is 0 Å². The largest absolute Gasteiger partial charge is 0.476 e. The van der Waals surface area contributed by atoms with Crippen LogP contribution in [0.15, 0.2) is 35.4 Å². The Labute approximate surface area is 90.9 Å². The van der Waals surface area contributed by atoms with Gasteiger partial charge >= 0.3 is 0 Å². The van der Waals surface area contributed by atoms with E-state index >= 15 is 0 Å². The molecule has 0 aliphatic carbocycles. The maximum Gasteiger partial charge on any atom is 0.244 e. The van der Waals surface area contributed by atoms with Crippen LogP contribution in [0.3, 0.4) is 0 Å². The number of nitrogens with zero attached hydrogens (tertiary/aromatic N) is 2. The number of hydrogen-bond acceptors (Lipinski definition) is 3. The van der Waals surface area contributed by atoms with Crippen molar-refractivity contribution >= 4 is 0 Å². The highest BCUT2D eigenvalue weighted by atomic mass is 16.5. The molecule has 0 N–H and O–H groups in total. The second-order valence-electron chi connectivity index (χ2n) is 3.35. The maximum atomic E-state index is 5.23. The molecule has 0 aromatic carbocycles. The number of piperazine rings is 1. The van der Waals surface area contributed by atoms with Gasteiger partial charge in [-0.1, -0.05) is 5.73 Å². The van der Waals surface area contributed by atoms with Gasteiger partial charge in [0.25, 0.3) is 0 Å². The third kappa shape index (κ3) is 3.58. The van der Waals surface area contributed by atoms with Crippen molar-refractivity contribution in [1.29, 1.82) is 0 Å². The minimum Gasteiger partial charge on any atom is -0.476 e. The topological polar surface area (TPSA) is 15.7 Å². The Morgan fingerprint density at radius 2 is 1.87 bits per heavy atom. The Hall–Kier alpha value is -1.58. The zero-order valence-electron chi connectivity index (χ0n) is 9.34. The number of rotatable bonds is 2. The van der Waals surface area contributed by atoms with Crippen LogP contribution in [0.25, 0.3) is 0 Å². The van der Waals surface area contributed by atoms with Gasteiger partial charge in [0.05, 0.1) is 7.11 Å². The molecule has 3 heteroatoms. The molecule has 0 aromatic rings. The van der Waals surface area contributed by atoms with E-state index in [0.29, 0.717) is 5.88 Å². The Morgan fingerprint density at radius 3 is 2.40 bits per heavy atom. The van der Waals surface area contributed by atoms with Crippen molar-refractivity contribution in [3.63, 3.8) is 0 Å². The first kappa shape index (κ1) is 11.5. The van der Waals surface area contributed by atoms with Crippen LogP contribution in [-0.2, 0) is 4.74 Å². The Bertz CT molecular complexity index is 355. The van der Waals surface area contributed by atoms with E-state index < -0.39 is 0 Å². The van der Waals surface area contributed by atoms with E-state index in [9.17, 15) is 0 Å². The summed E-state index contributed by atoms with van der Waals surface area (Å²) in [6.45, 7) is 7.37. The maximum absolute atomic E-state index is 5.23. The van der Waals surface area contributed by atoms with Crippen LogP contribution in [0, 0.1) is 0 Å². The van der Waals surface area contributed by atoms with Crippen LogP contribution in [-0.4, -0.2) is 50.1 Å². The first-order valence-corrected chi connectivity index (χ1v) is 4.90. The average Bonchev–Trinajstić information content (AvgIpc) is 2.26. The minimum atomic E-state index is 0.700. The van der Waals surface area contributed by atoms with Gasteiger partial charge in [-0.3, -0.25) is 0 Å². The third-order valence-corrected chi connectivity index (χ3v) is 2.30. The molecule has 0 spiro atoms. The van der Waals surface area contributed by atoms with Crippen molar-refractivity contribution in [2.24, 2.45) is 0 Å². The first-order valence-electron chi connectivity index (χ1n) is 4.90. The molecule has 0 atom stereocenters. The lowest BCUT2D eigenvalue weighted by atomic mass is 10.3. The van der Waals surface area contributed by atoms with Crippen molar-refractivity contribution in [1.82, 2.24) is 9.80 Å². The van der Waals surface area contributed by atoms with E-state index in [-0.39, 0.29) is 0 Å². The zero-order valence-corrected chi connectivity index (χ0v) is 9.34. The van der Waals surface area contributed by atoms with E-state index in [1.807, 2.05) is 0 Å². The van der Waals surface area contributed by atoms with Crippen molar-refractivity contribution in [3.05, 3.63) is 35.4 Å². The van der Waals surface area contributed by atoms with E-state index in [4.69, 9.17) is 4.74 Å². The highest BCUT2D eigenvalue weighted by molar-refractivity contribution is 4.95. The highest BCUT2D eigenvalue weighted by Crippen LogP contribution is 2.07. The lowest BCUT2D eigenvalue weighted by Crippen LogP contribution is -2.43. The monoisotopic (exact) mass is 204 g/mol. The lowest BCUT2D eigenvalue weighted by Gasteiger charge is -2.33. The molecule has 0 amide bonds. The quantitative estimate of drug-likeness (QED) is 0.492. The van der Waals surface area contributed by atoms with Gasteiger partial charge in [-0.2, -0.15) is 0 Å². The Balaban J connectivity index is 2.80. The molecule has 0 aromatic heterocycles. The predicted octanol–water partition coefficient (Wildman–Crippen LogP) is 0.972. The van der Waals surface area contributed by atoms with Gasteiger partial charge in [0.2, 0.25) is 5.88 Å². The first-order chi connectivity index (χ1) is 7.27. The molecule has 1 saturated heterocycles. The zero-order chi connectivity index (χ0) is 11.1. The van der Waals surface area contributed by atoms with Gasteiger partial charge in [-0.25, -0.2) is 0 Å². The molecule has 80 valence electrons. The van der Waals surface area contributed by atoms with Crippen LogP contribution in [0.5, 0.6) is 0 Å². The summed E-state index contributed by atoms with van der Waals surface area (Å²) < 4.78 is 5.23. The van der Waals surface area contributed by atoms with Crippen molar-refractivity contribution in [2.75, 3.05) is 40.3 Å². The lowest BCUT2D eigenvalue weighted by molar-refractivity contribution is 0.104. The van der Waals surface area contributed by atoms with Gasteiger partial charge in [0.15, 0.2) is 0 Å². The smallest absolute Gasteiger partial charge is 0.244 e. The van der Waals surface area contributed by atoms with Crippen LogP contribution >= 0.6 is 0 Å². The van der Waals surface area contributed by atoms with Gasteiger partial charge in [-0.05, 0) is 25.1 Å². The number of ether oxygens (including phenoxy) is 1. The average molecular weight is 204 g/mol. The molecule has 1 aliphatic heterocycles. The van der Waals surface area contributed by atoms with E-state index in [2.05, 4.69) is 46.4 Å². The fraction of sp³-hybridized carbons (Fsp3) is 0.500. The summed E-state index contributed by atoms with van der Waals surface area (Å²) in [6.07, 6.45) is 0. The van der Waals surface area contributed by atoms with Crippen LogP contribution < -0.4 is 0 Å². The van der Waals surface area contributed by atoms with Gasteiger partial charge < -0.3 is 14.5 Å². The molecule has 1 fully saturated rings. The fourth-order valence-electron chi connectivity index (χ4n) is 1.40. The fourth-order valence-corrected chi connectivity index (χ4v) is 1.40. The molecule has 3 nitrogen and oxygen atoms in total. The second kappa shape index (κ2) is 6.01. The van der Waals surface area contributed by atoms with Crippen LogP contribution in [0.1, 0.15) is 0 Å². The van der Waals surface area contributed by atoms with Gasteiger partial charge in [-0.15, -0.1) is 0 Å². The number of likely N-dealkylation sites (N-methyl/N-ethyl adjacent to an activating group) is 1. The standard InChI is InChI=1S/C12H16N2O/c1-4-5-6-7-12(15-3)14-10-8-13(2)9-11-14/h1,8-11H2,2-3H3. The van der Waals surface area contributed by atoms with Crippen molar-refractivity contribution in [3.8, 4) is 0 Å². The van der Waals surface area contributed by atoms with Crippen molar-refractivity contribution in [2.45, 2.75) is 0 Å². The van der Waals surface area contributed by atoms with Gasteiger partial charge in [0.1, 0.15) is 0 Å². The van der Waals surface area contributed by atoms with Crippen LogP contribution in [0.4, 0.5) is 0 Å². The highest BCUT2D eigenvalue weighted by Gasteiger charge is 2.16. The number of hydrogen-bond donors (Lipinski definition) is 0. The molecule has 1 heterocycles.